The molecule has 0 aliphatic carbocycles. The van der Waals surface area contributed by atoms with E-state index >= 15 is 0 Å². The van der Waals surface area contributed by atoms with Crippen LogP contribution in [0, 0.1) is 10.1 Å². The standard InChI is InChI=1S/C12H11F3N2O5S/c13-12(14,15)7-16-10(18)5-22-11(19)6-23-9-3-1-8(2-4-9)17(20)21/h1-4H,5-7H2,(H,16,18). The zero-order valence-electron chi connectivity index (χ0n) is 11.5. The van der Waals surface area contributed by atoms with Crippen molar-refractivity contribution < 1.29 is 32.4 Å². The van der Waals surface area contributed by atoms with Crippen LogP contribution < -0.4 is 5.32 Å². The van der Waals surface area contributed by atoms with Gasteiger partial charge in [0.15, 0.2) is 6.61 Å². The zero-order valence-corrected chi connectivity index (χ0v) is 12.3. The Morgan fingerprint density at radius 2 is 1.87 bits per heavy atom. The summed E-state index contributed by atoms with van der Waals surface area (Å²) in [6, 6.07) is 5.40. The number of halogens is 3. The lowest BCUT2D eigenvalue weighted by Gasteiger charge is -2.08. The van der Waals surface area contributed by atoms with E-state index in [1.165, 1.54) is 24.3 Å². The van der Waals surface area contributed by atoms with Gasteiger partial charge in [0.25, 0.3) is 11.6 Å². The average molecular weight is 352 g/mol. The fourth-order valence-electron chi connectivity index (χ4n) is 1.24. The van der Waals surface area contributed by atoms with Crippen LogP contribution in [0.3, 0.4) is 0 Å². The van der Waals surface area contributed by atoms with E-state index in [-0.39, 0.29) is 11.4 Å². The van der Waals surface area contributed by atoms with Crippen LogP contribution in [-0.4, -0.2) is 41.9 Å². The third-order valence-electron chi connectivity index (χ3n) is 2.25. The van der Waals surface area contributed by atoms with Gasteiger partial charge in [-0.3, -0.25) is 19.7 Å². The van der Waals surface area contributed by atoms with Gasteiger partial charge in [0.1, 0.15) is 6.54 Å². The van der Waals surface area contributed by atoms with E-state index in [0.29, 0.717) is 4.90 Å². The molecule has 0 saturated heterocycles. The number of alkyl halides is 3. The van der Waals surface area contributed by atoms with Crippen LogP contribution in [0.15, 0.2) is 29.2 Å². The summed E-state index contributed by atoms with van der Waals surface area (Å²) in [7, 11) is 0. The lowest BCUT2D eigenvalue weighted by Crippen LogP contribution is -2.36. The summed E-state index contributed by atoms with van der Waals surface area (Å²) in [4.78, 5) is 32.8. The number of carbonyl (C=O) groups is 2. The molecule has 0 fully saturated rings. The molecule has 1 aromatic rings. The number of rotatable bonds is 7. The maximum Gasteiger partial charge on any atom is 0.405 e. The maximum absolute atomic E-state index is 11.8. The molecule has 0 heterocycles. The number of esters is 1. The molecule has 0 unspecified atom stereocenters. The van der Waals surface area contributed by atoms with E-state index in [1.54, 1.807) is 5.32 Å². The van der Waals surface area contributed by atoms with Crippen molar-refractivity contribution in [1.82, 2.24) is 5.32 Å². The number of hydrogen-bond acceptors (Lipinski definition) is 6. The second kappa shape index (κ2) is 8.36. The van der Waals surface area contributed by atoms with Gasteiger partial charge in [0, 0.05) is 17.0 Å². The van der Waals surface area contributed by atoms with Gasteiger partial charge < -0.3 is 10.1 Å². The van der Waals surface area contributed by atoms with E-state index in [4.69, 9.17) is 0 Å². The van der Waals surface area contributed by atoms with Crippen molar-refractivity contribution >= 4 is 29.3 Å². The highest BCUT2D eigenvalue weighted by atomic mass is 32.2. The van der Waals surface area contributed by atoms with Crippen LogP contribution >= 0.6 is 11.8 Å². The number of nitro benzene ring substituents is 1. The smallest absolute Gasteiger partial charge is 0.405 e. The molecule has 7 nitrogen and oxygen atoms in total. The number of non-ortho nitro benzene ring substituents is 1. The number of thioether (sulfide) groups is 1. The Labute approximate surface area is 132 Å². The van der Waals surface area contributed by atoms with E-state index < -0.39 is 36.1 Å². The molecular formula is C12H11F3N2O5S. The molecule has 1 aromatic carbocycles. The Hall–Kier alpha value is -2.30. The molecule has 23 heavy (non-hydrogen) atoms. The summed E-state index contributed by atoms with van der Waals surface area (Å²) < 4.78 is 40.0. The van der Waals surface area contributed by atoms with Gasteiger partial charge in [-0.05, 0) is 12.1 Å². The minimum Gasteiger partial charge on any atom is -0.455 e. The summed E-state index contributed by atoms with van der Waals surface area (Å²) in [6.45, 7) is -2.31. The van der Waals surface area contributed by atoms with Crippen LogP contribution in [0.2, 0.25) is 0 Å². The topological polar surface area (TPSA) is 98.5 Å². The van der Waals surface area contributed by atoms with E-state index in [2.05, 4.69) is 4.74 Å². The Balaban J connectivity index is 2.29. The molecule has 0 saturated carbocycles. The highest BCUT2D eigenvalue weighted by Crippen LogP contribution is 2.21. The third-order valence-corrected chi connectivity index (χ3v) is 3.24. The summed E-state index contributed by atoms with van der Waals surface area (Å²) >= 11 is 1.01. The normalized spacial score (nSPS) is 10.9. The fourth-order valence-corrected chi connectivity index (χ4v) is 1.94. The summed E-state index contributed by atoms with van der Waals surface area (Å²) in [5, 5.41) is 12.0. The first-order chi connectivity index (χ1) is 10.7. The Morgan fingerprint density at radius 1 is 1.26 bits per heavy atom. The van der Waals surface area contributed by atoms with E-state index in [9.17, 15) is 32.9 Å². The molecule has 11 heteroatoms. The predicted octanol–water partition coefficient (Wildman–Crippen LogP) is 1.91. The lowest BCUT2D eigenvalue weighted by molar-refractivity contribution is -0.384. The van der Waals surface area contributed by atoms with Gasteiger partial charge in [-0.1, -0.05) is 0 Å². The molecule has 0 radical (unpaired) electrons. The Bertz CT molecular complexity index is 577. The molecule has 1 N–H and O–H groups in total. The summed E-state index contributed by atoms with van der Waals surface area (Å²) in [6.07, 6.45) is -4.54. The molecule has 0 atom stereocenters. The second-order valence-corrected chi connectivity index (χ2v) is 5.14. The number of nitro groups is 1. The highest BCUT2D eigenvalue weighted by molar-refractivity contribution is 8.00. The number of nitrogens with one attached hydrogen (secondary N) is 1. The van der Waals surface area contributed by atoms with Crippen molar-refractivity contribution in [3.8, 4) is 0 Å². The molecule has 1 rings (SSSR count). The van der Waals surface area contributed by atoms with Gasteiger partial charge in [-0.25, -0.2) is 0 Å². The number of amides is 1. The molecular weight excluding hydrogens is 341 g/mol. The molecule has 0 spiro atoms. The molecule has 1 amide bonds. The molecule has 0 aromatic heterocycles. The number of ether oxygens (including phenoxy) is 1. The number of benzene rings is 1. The minimum absolute atomic E-state index is 0.0988. The Kier molecular flexibility index (Phi) is 6.82. The summed E-state index contributed by atoms with van der Waals surface area (Å²) in [5.74, 6) is -2.05. The van der Waals surface area contributed by atoms with Crippen LogP contribution in [0.5, 0.6) is 0 Å². The average Bonchev–Trinajstić information content (AvgIpc) is 2.48. The van der Waals surface area contributed by atoms with Gasteiger partial charge in [0.2, 0.25) is 0 Å². The Morgan fingerprint density at radius 3 is 2.39 bits per heavy atom. The van der Waals surface area contributed by atoms with Crippen LogP contribution in [0.1, 0.15) is 0 Å². The summed E-state index contributed by atoms with van der Waals surface area (Å²) in [5.41, 5.74) is -0.0988. The van der Waals surface area contributed by atoms with Gasteiger partial charge in [-0.2, -0.15) is 13.2 Å². The highest BCUT2D eigenvalue weighted by Gasteiger charge is 2.27. The molecule has 0 aliphatic rings. The molecule has 0 aliphatic heterocycles. The van der Waals surface area contributed by atoms with Crippen LogP contribution in [0.25, 0.3) is 0 Å². The first kappa shape index (κ1) is 18.7. The fraction of sp³-hybridized carbons (Fsp3) is 0.333. The van der Waals surface area contributed by atoms with Gasteiger partial charge in [0.05, 0.1) is 10.7 Å². The van der Waals surface area contributed by atoms with Crippen molar-refractivity contribution in [3.63, 3.8) is 0 Å². The largest absolute Gasteiger partial charge is 0.455 e. The van der Waals surface area contributed by atoms with Crippen molar-refractivity contribution in [2.75, 3.05) is 18.9 Å². The number of carbonyl (C=O) groups excluding carboxylic acids is 2. The lowest BCUT2D eigenvalue weighted by atomic mass is 10.3. The van der Waals surface area contributed by atoms with Gasteiger partial charge in [-0.15, -0.1) is 11.8 Å². The number of nitrogens with zero attached hydrogens (tertiary/aromatic N) is 1. The minimum atomic E-state index is -4.54. The second-order valence-electron chi connectivity index (χ2n) is 4.09. The first-order valence-corrected chi connectivity index (χ1v) is 7.02. The van der Waals surface area contributed by atoms with E-state index in [0.717, 1.165) is 11.8 Å². The SMILES string of the molecule is O=C(COC(=O)CSc1ccc([N+](=O)[O-])cc1)NCC(F)(F)F. The monoisotopic (exact) mass is 352 g/mol. The molecule has 126 valence electrons. The van der Waals surface area contributed by atoms with E-state index in [1.807, 2.05) is 0 Å². The maximum atomic E-state index is 11.8. The quantitative estimate of drug-likeness (QED) is 0.348. The van der Waals surface area contributed by atoms with Gasteiger partial charge >= 0.3 is 12.1 Å². The predicted molar refractivity (Wildman–Crippen MR) is 73.8 cm³/mol. The van der Waals surface area contributed by atoms with Crippen molar-refractivity contribution in [2.45, 2.75) is 11.1 Å². The first-order valence-electron chi connectivity index (χ1n) is 6.04. The third kappa shape index (κ3) is 8.04. The van der Waals surface area contributed by atoms with Crippen LogP contribution in [0.4, 0.5) is 18.9 Å². The van der Waals surface area contributed by atoms with Crippen molar-refractivity contribution in [1.29, 1.82) is 0 Å². The number of hydrogen-bond donors (Lipinski definition) is 1. The zero-order chi connectivity index (χ0) is 17.5. The van der Waals surface area contributed by atoms with Crippen LogP contribution in [-0.2, 0) is 14.3 Å². The van der Waals surface area contributed by atoms with Crippen molar-refractivity contribution in [3.05, 3.63) is 34.4 Å². The van der Waals surface area contributed by atoms with Crippen molar-refractivity contribution in [2.24, 2.45) is 0 Å². The molecule has 0 bridgehead atoms.